The normalized spacial score (nSPS) is 14.6. The molecule has 0 unspecified atom stereocenters. The number of amides is 1. The molecule has 27 heavy (non-hydrogen) atoms. The van der Waals surface area contributed by atoms with Crippen LogP contribution in [-0.4, -0.2) is 44.1 Å². The number of furan rings is 1. The van der Waals surface area contributed by atoms with Crippen molar-refractivity contribution in [3.63, 3.8) is 0 Å². The molecular weight excluding hydrogens is 340 g/mol. The molecule has 2 aromatic carbocycles. The number of hydrogen-bond acceptors (Lipinski definition) is 4. The number of nitrogens with zero attached hydrogens (tertiary/aromatic N) is 2. The van der Waals surface area contributed by atoms with E-state index in [2.05, 4.69) is 36.1 Å². The lowest BCUT2D eigenvalue weighted by molar-refractivity contribution is -0.130. The minimum Gasteiger partial charge on any atom is -0.497 e. The Morgan fingerprint density at radius 1 is 1.11 bits per heavy atom. The highest BCUT2D eigenvalue weighted by Gasteiger charge is 2.23. The molecule has 0 bridgehead atoms. The monoisotopic (exact) mass is 364 g/mol. The van der Waals surface area contributed by atoms with Crippen molar-refractivity contribution in [3.05, 3.63) is 59.9 Å². The Hall–Kier alpha value is -2.95. The zero-order valence-electron chi connectivity index (χ0n) is 15.8. The molecule has 1 fully saturated rings. The molecule has 1 saturated heterocycles. The molecule has 4 rings (SSSR count). The average molecular weight is 364 g/mol. The van der Waals surface area contributed by atoms with Gasteiger partial charge in [0.15, 0.2) is 0 Å². The van der Waals surface area contributed by atoms with Crippen LogP contribution in [-0.2, 0) is 11.2 Å². The third-order valence-electron chi connectivity index (χ3n) is 5.29. The van der Waals surface area contributed by atoms with E-state index in [0.29, 0.717) is 6.42 Å². The second-order valence-corrected chi connectivity index (χ2v) is 6.95. The number of aryl methyl sites for hydroxylation is 1. The summed E-state index contributed by atoms with van der Waals surface area (Å²) in [4.78, 5) is 17.1. The third kappa shape index (κ3) is 3.50. The van der Waals surface area contributed by atoms with Crippen molar-refractivity contribution >= 4 is 22.6 Å². The van der Waals surface area contributed by atoms with Crippen LogP contribution >= 0.6 is 0 Å². The summed E-state index contributed by atoms with van der Waals surface area (Å²) < 4.78 is 10.8. The van der Waals surface area contributed by atoms with E-state index in [9.17, 15) is 4.79 Å². The Morgan fingerprint density at radius 3 is 2.63 bits per heavy atom. The minimum absolute atomic E-state index is 0.151. The number of hydrogen-bond donors (Lipinski definition) is 0. The number of benzene rings is 2. The smallest absolute Gasteiger partial charge is 0.227 e. The average Bonchev–Trinajstić information content (AvgIpc) is 3.10. The zero-order valence-corrected chi connectivity index (χ0v) is 15.8. The van der Waals surface area contributed by atoms with Crippen molar-refractivity contribution in [1.29, 1.82) is 0 Å². The summed E-state index contributed by atoms with van der Waals surface area (Å²) >= 11 is 0. The molecule has 0 atom stereocenters. The summed E-state index contributed by atoms with van der Waals surface area (Å²) in [6, 6.07) is 14.1. The van der Waals surface area contributed by atoms with Gasteiger partial charge in [-0.1, -0.05) is 18.2 Å². The highest BCUT2D eigenvalue weighted by atomic mass is 16.5. The lowest BCUT2D eigenvalue weighted by Gasteiger charge is -2.36. The van der Waals surface area contributed by atoms with Crippen molar-refractivity contribution in [2.75, 3.05) is 38.2 Å². The molecule has 1 aliphatic rings. The van der Waals surface area contributed by atoms with E-state index in [1.54, 1.807) is 13.4 Å². The fraction of sp³-hybridized carbons (Fsp3) is 0.318. The minimum atomic E-state index is 0.151. The van der Waals surface area contributed by atoms with Gasteiger partial charge < -0.3 is 19.0 Å². The molecule has 1 aromatic heterocycles. The largest absolute Gasteiger partial charge is 0.497 e. The SMILES string of the molecule is COc1ccc2c(CC(=O)N3CCN(c4ccccc4C)CC3)coc2c1. The molecule has 5 nitrogen and oxygen atoms in total. The van der Waals surface area contributed by atoms with Gasteiger partial charge in [0.1, 0.15) is 11.3 Å². The molecule has 0 N–H and O–H groups in total. The topological polar surface area (TPSA) is 45.9 Å². The number of rotatable bonds is 4. The standard InChI is InChI=1S/C22H24N2O3/c1-16-5-3-4-6-20(16)23-9-11-24(12-10-23)22(25)13-17-15-27-21-14-18(26-2)7-8-19(17)21/h3-8,14-15H,9-13H2,1-2H3. The maximum absolute atomic E-state index is 12.8. The van der Waals surface area contributed by atoms with Gasteiger partial charge >= 0.3 is 0 Å². The second kappa shape index (κ2) is 7.35. The van der Waals surface area contributed by atoms with Crippen LogP contribution in [0.5, 0.6) is 5.75 Å². The highest BCUT2D eigenvalue weighted by Crippen LogP contribution is 2.26. The highest BCUT2D eigenvalue weighted by molar-refractivity contribution is 5.88. The maximum Gasteiger partial charge on any atom is 0.227 e. The molecular formula is C22H24N2O3. The van der Waals surface area contributed by atoms with E-state index in [1.807, 2.05) is 23.1 Å². The Balaban J connectivity index is 1.41. The van der Waals surface area contributed by atoms with E-state index in [0.717, 1.165) is 48.5 Å². The van der Waals surface area contributed by atoms with Gasteiger partial charge in [-0.05, 0) is 30.7 Å². The van der Waals surface area contributed by atoms with Crippen LogP contribution < -0.4 is 9.64 Å². The van der Waals surface area contributed by atoms with Crippen molar-refractivity contribution in [1.82, 2.24) is 4.90 Å². The first-order valence-corrected chi connectivity index (χ1v) is 9.28. The van der Waals surface area contributed by atoms with Gasteiger partial charge in [0.25, 0.3) is 0 Å². The summed E-state index contributed by atoms with van der Waals surface area (Å²) in [6.45, 7) is 5.35. The molecule has 140 valence electrons. The van der Waals surface area contributed by atoms with Crippen LogP contribution in [0.2, 0.25) is 0 Å². The van der Waals surface area contributed by atoms with Gasteiger partial charge in [0.05, 0.1) is 19.8 Å². The summed E-state index contributed by atoms with van der Waals surface area (Å²) in [5.41, 5.74) is 4.22. The van der Waals surface area contributed by atoms with Crippen LogP contribution in [0.25, 0.3) is 11.0 Å². The summed E-state index contributed by atoms with van der Waals surface area (Å²) in [5.74, 6) is 0.903. The predicted octanol–water partition coefficient (Wildman–Crippen LogP) is 3.64. The van der Waals surface area contributed by atoms with Crippen LogP contribution in [0, 0.1) is 6.92 Å². The van der Waals surface area contributed by atoms with E-state index < -0.39 is 0 Å². The number of carbonyl (C=O) groups excluding carboxylic acids is 1. The van der Waals surface area contributed by atoms with Gasteiger partial charge in [-0.2, -0.15) is 0 Å². The number of carbonyl (C=O) groups is 1. The summed E-state index contributed by atoms with van der Waals surface area (Å²) in [5, 5.41) is 0.975. The van der Waals surface area contributed by atoms with Gasteiger partial charge in [-0.3, -0.25) is 4.79 Å². The van der Waals surface area contributed by atoms with Crippen LogP contribution in [0.4, 0.5) is 5.69 Å². The third-order valence-corrected chi connectivity index (χ3v) is 5.29. The number of fused-ring (bicyclic) bond motifs is 1. The lowest BCUT2D eigenvalue weighted by atomic mass is 10.1. The first-order valence-electron chi connectivity index (χ1n) is 9.28. The van der Waals surface area contributed by atoms with Gasteiger partial charge in [-0.25, -0.2) is 0 Å². The molecule has 5 heteroatoms. The van der Waals surface area contributed by atoms with E-state index in [-0.39, 0.29) is 5.91 Å². The number of ether oxygens (including phenoxy) is 1. The second-order valence-electron chi connectivity index (χ2n) is 6.95. The van der Waals surface area contributed by atoms with Crippen molar-refractivity contribution in [3.8, 4) is 5.75 Å². The van der Waals surface area contributed by atoms with Gasteiger partial charge in [-0.15, -0.1) is 0 Å². The molecule has 0 spiro atoms. The molecule has 1 aliphatic heterocycles. The first-order chi connectivity index (χ1) is 13.2. The molecule has 2 heterocycles. The number of piperazine rings is 1. The molecule has 0 aliphatic carbocycles. The Kier molecular flexibility index (Phi) is 4.75. The summed E-state index contributed by atoms with van der Waals surface area (Å²) in [7, 11) is 1.63. The maximum atomic E-state index is 12.8. The Morgan fingerprint density at radius 2 is 1.89 bits per heavy atom. The number of anilines is 1. The molecule has 1 amide bonds. The van der Waals surface area contributed by atoms with Crippen molar-refractivity contribution in [2.45, 2.75) is 13.3 Å². The number of methoxy groups -OCH3 is 1. The van der Waals surface area contributed by atoms with Crippen molar-refractivity contribution in [2.24, 2.45) is 0 Å². The molecule has 0 saturated carbocycles. The van der Waals surface area contributed by atoms with Gasteiger partial charge in [0, 0.05) is 48.9 Å². The fourth-order valence-corrected chi connectivity index (χ4v) is 3.72. The van der Waals surface area contributed by atoms with Crippen LogP contribution in [0.3, 0.4) is 0 Å². The predicted molar refractivity (Wildman–Crippen MR) is 106 cm³/mol. The lowest BCUT2D eigenvalue weighted by Crippen LogP contribution is -2.49. The van der Waals surface area contributed by atoms with E-state index in [4.69, 9.17) is 9.15 Å². The Bertz CT molecular complexity index is 955. The zero-order chi connectivity index (χ0) is 18.8. The van der Waals surface area contributed by atoms with Crippen molar-refractivity contribution < 1.29 is 13.9 Å². The number of para-hydroxylation sites is 1. The summed E-state index contributed by atoms with van der Waals surface area (Å²) in [6.07, 6.45) is 2.05. The van der Waals surface area contributed by atoms with E-state index in [1.165, 1.54) is 11.3 Å². The van der Waals surface area contributed by atoms with E-state index >= 15 is 0 Å². The quantitative estimate of drug-likeness (QED) is 0.709. The molecule has 0 radical (unpaired) electrons. The van der Waals surface area contributed by atoms with Gasteiger partial charge in [0.2, 0.25) is 5.91 Å². The fourth-order valence-electron chi connectivity index (χ4n) is 3.72. The first kappa shape index (κ1) is 17.5. The molecule has 3 aromatic rings. The Labute approximate surface area is 159 Å². The van der Waals surface area contributed by atoms with Crippen LogP contribution in [0.1, 0.15) is 11.1 Å². The van der Waals surface area contributed by atoms with Crippen LogP contribution in [0.15, 0.2) is 53.1 Å².